The van der Waals surface area contributed by atoms with E-state index in [0.29, 0.717) is 5.41 Å². The molecule has 0 atom stereocenters. The van der Waals surface area contributed by atoms with Gasteiger partial charge in [-0.2, -0.15) is 0 Å². The van der Waals surface area contributed by atoms with Crippen LogP contribution >= 0.6 is 0 Å². The van der Waals surface area contributed by atoms with Crippen molar-refractivity contribution >= 4 is 5.97 Å². The molecule has 0 unspecified atom stereocenters. The van der Waals surface area contributed by atoms with Crippen molar-refractivity contribution in [3.8, 4) is 0 Å². The van der Waals surface area contributed by atoms with Crippen LogP contribution in [-0.2, 0) is 9.53 Å². The number of carbonyl (C=O) groups excluding carboxylic acids is 1. The van der Waals surface area contributed by atoms with Gasteiger partial charge in [-0.3, -0.25) is 4.79 Å². The van der Waals surface area contributed by atoms with E-state index in [4.69, 9.17) is 10.5 Å². The first-order valence-corrected chi connectivity index (χ1v) is 5.77. The van der Waals surface area contributed by atoms with Crippen molar-refractivity contribution in [1.82, 2.24) is 0 Å². The van der Waals surface area contributed by atoms with E-state index in [-0.39, 0.29) is 5.97 Å². The lowest BCUT2D eigenvalue weighted by atomic mass is 9.49. The van der Waals surface area contributed by atoms with Gasteiger partial charge in [0.25, 0.3) is 0 Å². The van der Waals surface area contributed by atoms with Crippen LogP contribution in [-0.4, -0.2) is 17.1 Å². The summed E-state index contributed by atoms with van der Waals surface area (Å²) in [6.45, 7) is 5.64. The van der Waals surface area contributed by atoms with Gasteiger partial charge in [-0.25, -0.2) is 0 Å². The van der Waals surface area contributed by atoms with Crippen LogP contribution in [0, 0.1) is 5.41 Å². The van der Waals surface area contributed by atoms with Crippen molar-refractivity contribution in [2.45, 2.75) is 64.0 Å². The first-order chi connectivity index (χ1) is 6.75. The summed E-state index contributed by atoms with van der Waals surface area (Å²) in [7, 11) is 0. The first-order valence-electron chi connectivity index (χ1n) is 5.77. The zero-order valence-electron chi connectivity index (χ0n) is 9.93. The Morgan fingerprint density at radius 3 is 2.13 bits per heavy atom. The molecule has 15 heavy (non-hydrogen) atoms. The lowest BCUT2D eigenvalue weighted by Crippen LogP contribution is -2.66. The van der Waals surface area contributed by atoms with Crippen LogP contribution in [0.15, 0.2) is 0 Å². The second-order valence-electron chi connectivity index (χ2n) is 6.37. The molecule has 0 aliphatic heterocycles. The summed E-state index contributed by atoms with van der Waals surface area (Å²) in [5.74, 6) is -0.215. The molecule has 0 radical (unpaired) electrons. The number of hydrogen-bond acceptors (Lipinski definition) is 3. The minimum Gasteiger partial charge on any atom is -0.459 e. The van der Waals surface area contributed by atoms with E-state index in [1.54, 1.807) is 0 Å². The molecule has 2 aliphatic carbocycles. The fourth-order valence-corrected chi connectivity index (χ4v) is 2.84. The molecule has 0 bridgehead atoms. The van der Waals surface area contributed by atoms with E-state index in [2.05, 4.69) is 0 Å². The molecular formula is C12H21NO2. The van der Waals surface area contributed by atoms with Gasteiger partial charge in [0.05, 0.1) is 0 Å². The molecule has 0 amide bonds. The second-order valence-corrected chi connectivity index (χ2v) is 6.37. The molecular weight excluding hydrogens is 190 g/mol. The Bertz CT molecular complexity index is 278. The number of nitrogens with two attached hydrogens (primary N) is 1. The maximum absolute atomic E-state index is 11.8. The molecule has 2 N–H and O–H groups in total. The van der Waals surface area contributed by atoms with Crippen LogP contribution in [0.4, 0.5) is 0 Å². The molecule has 2 rings (SSSR count). The summed E-state index contributed by atoms with van der Waals surface area (Å²) in [6, 6.07) is 0. The minimum absolute atomic E-state index is 0.215. The predicted molar refractivity (Wildman–Crippen MR) is 58.3 cm³/mol. The third kappa shape index (κ3) is 1.89. The smallest absolute Gasteiger partial charge is 0.326 e. The van der Waals surface area contributed by atoms with Gasteiger partial charge in [0.2, 0.25) is 0 Å². The lowest BCUT2D eigenvalue weighted by molar-refractivity contribution is -0.176. The Balaban J connectivity index is 1.92. The zero-order chi connectivity index (χ0) is 11.3. The Labute approximate surface area is 91.4 Å². The average Bonchev–Trinajstić information content (AvgIpc) is 1.91. The van der Waals surface area contributed by atoms with Crippen LogP contribution in [0.2, 0.25) is 0 Å². The van der Waals surface area contributed by atoms with Gasteiger partial charge in [0, 0.05) is 0 Å². The van der Waals surface area contributed by atoms with Crippen LogP contribution in [0.3, 0.4) is 0 Å². The highest BCUT2D eigenvalue weighted by atomic mass is 16.6. The van der Waals surface area contributed by atoms with Gasteiger partial charge in [0.15, 0.2) is 0 Å². The van der Waals surface area contributed by atoms with Crippen molar-refractivity contribution in [1.29, 1.82) is 0 Å². The largest absolute Gasteiger partial charge is 0.459 e. The molecule has 2 aliphatic rings. The fraction of sp³-hybridized carbons (Fsp3) is 0.917. The molecule has 0 heterocycles. The Hall–Kier alpha value is -0.570. The molecule has 0 saturated heterocycles. The molecule has 2 saturated carbocycles. The van der Waals surface area contributed by atoms with Gasteiger partial charge in [-0.15, -0.1) is 0 Å². The number of carbonyl (C=O) groups is 1. The van der Waals surface area contributed by atoms with E-state index in [1.807, 2.05) is 20.8 Å². The molecule has 1 spiro atoms. The number of rotatable bonds is 1. The zero-order valence-corrected chi connectivity index (χ0v) is 9.93. The van der Waals surface area contributed by atoms with Gasteiger partial charge >= 0.3 is 5.97 Å². The Kier molecular flexibility index (Phi) is 2.16. The van der Waals surface area contributed by atoms with Crippen molar-refractivity contribution < 1.29 is 9.53 Å². The molecule has 0 aromatic heterocycles. The standard InChI is InChI=1S/C12H21NO2/c1-10(2,3)15-9(14)12(13)7-11(8-12)5-4-6-11/h4-8,13H2,1-3H3. The summed E-state index contributed by atoms with van der Waals surface area (Å²) in [4.78, 5) is 11.8. The van der Waals surface area contributed by atoms with Crippen molar-refractivity contribution in [3.05, 3.63) is 0 Å². The third-order valence-corrected chi connectivity index (χ3v) is 3.60. The topological polar surface area (TPSA) is 52.3 Å². The normalized spacial score (nSPS) is 26.7. The van der Waals surface area contributed by atoms with Gasteiger partial charge in [-0.1, -0.05) is 6.42 Å². The van der Waals surface area contributed by atoms with Crippen molar-refractivity contribution in [3.63, 3.8) is 0 Å². The summed E-state index contributed by atoms with van der Waals surface area (Å²) in [5.41, 5.74) is 5.36. The van der Waals surface area contributed by atoms with E-state index in [9.17, 15) is 4.79 Å². The van der Waals surface area contributed by atoms with E-state index >= 15 is 0 Å². The molecule has 0 aromatic carbocycles. The highest BCUT2D eigenvalue weighted by Gasteiger charge is 2.59. The third-order valence-electron chi connectivity index (χ3n) is 3.60. The summed E-state index contributed by atoms with van der Waals surface area (Å²) in [6.07, 6.45) is 5.44. The predicted octanol–water partition coefficient (Wildman–Crippen LogP) is 1.99. The van der Waals surface area contributed by atoms with Crippen molar-refractivity contribution in [2.75, 3.05) is 0 Å². The quantitative estimate of drug-likeness (QED) is 0.675. The first kappa shape index (κ1) is 10.9. The van der Waals surface area contributed by atoms with Crippen LogP contribution in [0.25, 0.3) is 0 Å². The Morgan fingerprint density at radius 1 is 1.27 bits per heavy atom. The van der Waals surface area contributed by atoms with Gasteiger partial charge < -0.3 is 10.5 Å². The SMILES string of the molecule is CC(C)(C)OC(=O)C1(N)CC2(CCC2)C1. The minimum atomic E-state index is -0.687. The fourth-order valence-electron chi connectivity index (χ4n) is 2.84. The highest BCUT2D eigenvalue weighted by molar-refractivity contribution is 5.82. The summed E-state index contributed by atoms with van der Waals surface area (Å²) in [5, 5.41) is 0. The average molecular weight is 211 g/mol. The molecule has 0 aromatic rings. The van der Waals surface area contributed by atoms with E-state index < -0.39 is 11.1 Å². The highest BCUT2D eigenvalue weighted by Crippen LogP contribution is 2.59. The van der Waals surface area contributed by atoms with Gasteiger partial charge in [-0.05, 0) is 51.9 Å². The molecule has 3 nitrogen and oxygen atoms in total. The van der Waals surface area contributed by atoms with Crippen LogP contribution in [0.1, 0.15) is 52.9 Å². The van der Waals surface area contributed by atoms with Crippen LogP contribution in [0.5, 0.6) is 0 Å². The van der Waals surface area contributed by atoms with E-state index in [1.165, 1.54) is 19.3 Å². The molecule has 3 heteroatoms. The summed E-state index contributed by atoms with van der Waals surface area (Å²) >= 11 is 0. The molecule has 86 valence electrons. The maximum Gasteiger partial charge on any atom is 0.326 e. The number of esters is 1. The van der Waals surface area contributed by atoms with Crippen molar-refractivity contribution in [2.24, 2.45) is 11.1 Å². The molecule has 2 fully saturated rings. The van der Waals surface area contributed by atoms with Crippen LogP contribution < -0.4 is 5.73 Å². The number of hydrogen-bond donors (Lipinski definition) is 1. The van der Waals surface area contributed by atoms with E-state index in [0.717, 1.165) is 12.8 Å². The maximum atomic E-state index is 11.8. The summed E-state index contributed by atoms with van der Waals surface area (Å²) < 4.78 is 5.34. The second kappa shape index (κ2) is 2.97. The Morgan fingerprint density at radius 2 is 1.80 bits per heavy atom. The monoisotopic (exact) mass is 211 g/mol. The van der Waals surface area contributed by atoms with Gasteiger partial charge in [0.1, 0.15) is 11.1 Å². The lowest BCUT2D eigenvalue weighted by Gasteiger charge is -2.58. The number of ether oxygens (including phenoxy) is 1.